The van der Waals surface area contributed by atoms with Crippen LogP contribution in [0.15, 0.2) is 0 Å². The van der Waals surface area contributed by atoms with Gasteiger partial charge in [0, 0.05) is 5.54 Å². The number of unbranched alkanes of at least 4 members (excludes halogenated alkanes) is 2. The molecule has 0 bridgehead atoms. The number of rotatable bonds is 7. The summed E-state index contributed by atoms with van der Waals surface area (Å²) in [5.74, 6) is 0.655. The highest BCUT2D eigenvalue weighted by molar-refractivity contribution is 7.80. The Bertz CT molecular complexity index is 359. The summed E-state index contributed by atoms with van der Waals surface area (Å²) in [6, 6.07) is -0.575. The maximum atomic E-state index is 12.3. The topological polar surface area (TPSA) is 67.4 Å². The maximum absolute atomic E-state index is 12.3. The summed E-state index contributed by atoms with van der Waals surface area (Å²) in [5.41, 5.74) is -0.919. The van der Waals surface area contributed by atoms with Crippen molar-refractivity contribution >= 4 is 24.6 Å². The maximum Gasteiger partial charge on any atom is 0.408 e. The largest absolute Gasteiger partial charge is 0.444 e. The van der Waals surface area contributed by atoms with E-state index in [4.69, 9.17) is 4.74 Å². The van der Waals surface area contributed by atoms with E-state index in [2.05, 4.69) is 23.3 Å². The molecule has 130 valence electrons. The first-order chi connectivity index (χ1) is 9.94. The van der Waals surface area contributed by atoms with E-state index in [1.807, 2.05) is 20.8 Å². The van der Waals surface area contributed by atoms with Gasteiger partial charge in [0.15, 0.2) is 0 Å². The van der Waals surface area contributed by atoms with Gasteiger partial charge in [-0.2, -0.15) is 12.6 Å². The number of thiol groups is 1. The van der Waals surface area contributed by atoms with E-state index in [-0.39, 0.29) is 11.4 Å². The number of hydrogen-bond acceptors (Lipinski definition) is 4. The first-order valence-corrected chi connectivity index (χ1v) is 8.50. The molecule has 0 aliphatic carbocycles. The van der Waals surface area contributed by atoms with Crippen LogP contribution in [-0.2, 0) is 9.53 Å². The monoisotopic (exact) mass is 332 g/mol. The average molecular weight is 333 g/mol. The zero-order valence-electron chi connectivity index (χ0n) is 14.8. The highest BCUT2D eigenvalue weighted by atomic mass is 32.1. The lowest BCUT2D eigenvalue weighted by molar-refractivity contribution is -0.124. The van der Waals surface area contributed by atoms with Gasteiger partial charge in [0.05, 0.1) is 0 Å². The number of alkyl carbamates (subject to hydrolysis) is 1. The van der Waals surface area contributed by atoms with Gasteiger partial charge in [0.25, 0.3) is 0 Å². The number of hydrogen-bond donors (Lipinski definition) is 3. The molecule has 22 heavy (non-hydrogen) atoms. The van der Waals surface area contributed by atoms with Crippen LogP contribution in [0.2, 0.25) is 0 Å². The van der Waals surface area contributed by atoms with Crippen LogP contribution in [0, 0.1) is 0 Å². The Hall–Kier alpha value is -0.910. The Morgan fingerprint density at radius 3 is 2.09 bits per heavy atom. The van der Waals surface area contributed by atoms with Gasteiger partial charge in [-0.15, -0.1) is 0 Å². The number of ether oxygens (including phenoxy) is 1. The summed E-state index contributed by atoms with van der Waals surface area (Å²) < 4.78 is 5.23. The zero-order valence-corrected chi connectivity index (χ0v) is 15.7. The molecule has 0 fully saturated rings. The SMILES string of the molecule is CC(C)(C)NC(=O)C(CCCCCS)NC(=O)OC(C)(C)C. The fraction of sp³-hybridized carbons (Fsp3) is 0.875. The Morgan fingerprint density at radius 2 is 1.64 bits per heavy atom. The summed E-state index contributed by atoms with van der Waals surface area (Å²) >= 11 is 4.18. The zero-order chi connectivity index (χ0) is 17.4. The molecule has 0 aromatic carbocycles. The number of nitrogens with one attached hydrogen (secondary N) is 2. The second kappa shape index (κ2) is 9.28. The lowest BCUT2D eigenvalue weighted by Gasteiger charge is -2.27. The molecule has 0 aromatic heterocycles. The van der Waals surface area contributed by atoms with Crippen LogP contribution < -0.4 is 10.6 Å². The van der Waals surface area contributed by atoms with Gasteiger partial charge >= 0.3 is 6.09 Å². The third kappa shape index (κ3) is 11.7. The van der Waals surface area contributed by atoms with Gasteiger partial charge in [0.2, 0.25) is 5.91 Å². The molecule has 2 amide bonds. The van der Waals surface area contributed by atoms with E-state index in [1.165, 1.54) is 0 Å². The molecule has 0 aliphatic rings. The highest BCUT2D eigenvalue weighted by Crippen LogP contribution is 2.10. The van der Waals surface area contributed by atoms with Crippen LogP contribution in [0.3, 0.4) is 0 Å². The first kappa shape index (κ1) is 21.1. The smallest absolute Gasteiger partial charge is 0.408 e. The second-order valence-electron chi connectivity index (χ2n) is 7.51. The van der Waals surface area contributed by atoms with Gasteiger partial charge in [-0.1, -0.05) is 12.8 Å². The third-order valence-corrected chi connectivity index (χ3v) is 2.97. The van der Waals surface area contributed by atoms with E-state index in [9.17, 15) is 9.59 Å². The van der Waals surface area contributed by atoms with Crippen LogP contribution in [0.25, 0.3) is 0 Å². The highest BCUT2D eigenvalue weighted by Gasteiger charge is 2.26. The molecule has 0 radical (unpaired) electrons. The molecule has 0 spiro atoms. The van der Waals surface area contributed by atoms with Crippen LogP contribution in [0.4, 0.5) is 4.79 Å². The Kier molecular flexibility index (Phi) is 8.89. The molecule has 0 aromatic rings. The molecular formula is C16H32N2O3S. The van der Waals surface area contributed by atoms with Gasteiger partial charge in [0.1, 0.15) is 11.6 Å². The summed E-state index contributed by atoms with van der Waals surface area (Å²) in [6.07, 6.45) is 2.88. The fourth-order valence-electron chi connectivity index (χ4n) is 1.81. The van der Waals surface area contributed by atoms with Crippen LogP contribution in [-0.4, -0.2) is 34.9 Å². The van der Waals surface area contributed by atoms with Crippen molar-refractivity contribution in [2.45, 2.75) is 84.4 Å². The van der Waals surface area contributed by atoms with Gasteiger partial charge in [-0.3, -0.25) is 4.79 Å². The van der Waals surface area contributed by atoms with E-state index >= 15 is 0 Å². The average Bonchev–Trinajstić information content (AvgIpc) is 2.28. The number of carbonyl (C=O) groups is 2. The number of amides is 2. The van der Waals surface area contributed by atoms with E-state index in [0.29, 0.717) is 6.42 Å². The van der Waals surface area contributed by atoms with Crippen molar-refractivity contribution in [3.05, 3.63) is 0 Å². The predicted octanol–water partition coefficient (Wildman–Crippen LogP) is 3.28. The van der Waals surface area contributed by atoms with Crippen molar-refractivity contribution in [1.82, 2.24) is 10.6 Å². The standard InChI is InChI=1S/C16H32N2O3S/c1-15(2,3)18-13(19)12(10-8-7-9-11-22)17-14(20)21-16(4,5)6/h12,22H,7-11H2,1-6H3,(H,17,20)(H,18,19). The van der Waals surface area contributed by atoms with Crippen molar-refractivity contribution < 1.29 is 14.3 Å². The lowest BCUT2D eigenvalue weighted by atomic mass is 10.0. The Morgan fingerprint density at radius 1 is 1.05 bits per heavy atom. The van der Waals surface area contributed by atoms with E-state index in [0.717, 1.165) is 25.0 Å². The Balaban J connectivity index is 4.64. The van der Waals surface area contributed by atoms with Gasteiger partial charge in [-0.25, -0.2) is 4.79 Å². The van der Waals surface area contributed by atoms with Crippen LogP contribution in [0.5, 0.6) is 0 Å². The van der Waals surface area contributed by atoms with Crippen LogP contribution >= 0.6 is 12.6 Å². The van der Waals surface area contributed by atoms with Crippen LogP contribution in [0.1, 0.15) is 67.2 Å². The molecule has 0 heterocycles. The third-order valence-electron chi connectivity index (χ3n) is 2.66. The molecule has 0 saturated carbocycles. The minimum Gasteiger partial charge on any atom is -0.444 e. The van der Waals surface area contributed by atoms with E-state index < -0.39 is 17.7 Å². The molecule has 6 heteroatoms. The first-order valence-electron chi connectivity index (χ1n) is 7.87. The normalized spacial score (nSPS) is 13.4. The molecule has 0 saturated heterocycles. The predicted molar refractivity (Wildman–Crippen MR) is 93.4 cm³/mol. The van der Waals surface area contributed by atoms with Crippen molar-refractivity contribution in [3.8, 4) is 0 Å². The van der Waals surface area contributed by atoms with Gasteiger partial charge < -0.3 is 15.4 Å². The molecule has 1 unspecified atom stereocenters. The molecule has 5 nitrogen and oxygen atoms in total. The summed E-state index contributed by atoms with van der Waals surface area (Å²) in [4.78, 5) is 24.2. The van der Waals surface area contributed by atoms with Crippen molar-refractivity contribution in [3.63, 3.8) is 0 Å². The summed E-state index contributed by atoms with van der Waals surface area (Å²) in [5, 5.41) is 5.58. The lowest BCUT2D eigenvalue weighted by Crippen LogP contribution is -2.52. The molecule has 0 rings (SSSR count). The molecule has 2 N–H and O–H groups in total. The Labute approximate surface area is 140 Å². The quantitative estimate of drug-likeness (QED) is 0.495. The minimum absolute atomic E-state index is 0.177. The van der Waals surface area contributed by atoms with Crippen molar-refractivity contribution in [2.24, 2.45) is 0 Å². The van der Waals surface area contributed by atoms with E-state index in [1.54, 1.807) is 20.8 Å². The molecule has 1 atom stereocenters. The summed E-state index contributed by atoms with van der Waals surface area (Å²) in [6.45, 7) is 11.1. The number of carbonyl (C=O) groups excluding carboxylic acids is 2. The second-order valence-corrected chi connectivity index (χ2v) is 7.96. The minimum atomic E-state index is -0.582. The van der Waals surface area contributed by atoms with Crippen molar-refractivity contribution in [2.75, 3.05) is 5.75 Å². The van der Waals surface area contributed by atoms with Gasteiger partial charge in [-0.05, 0) is 60.1 Å². The fourth-order valence-corrected chi connectivity index (χ4v) is 2.04. The van der Waals surface area contributed by atoms with Crippen molar-refractivity contribution in [1.29, 1.82) is 0 Å². The summed E-state index contributed by atoms with van der Waals surface area (Å²) in [7, 11) is 0. The molecular weight excluding hydrogens is 300 g/mol. The molecule has 0 aliphatic heterocycles.